The van der Waals surface area contributed by atoms with E-state index >= 15 is 0 Å². The van der Waals surface area contributed by atoms with E-state index in [0.29, 0.717) is 11.4 Å². The average molecular weight is 732 g/mol. The summed E-state index contributed by atoms with van der Waals surface area (Å²) in [6.07, 6.45) is 4.85. The number of rotatable bonds is 22. The van der Waals surface area contributed by atoms with Crippen LogP contribution in [0.5, 0.6) is 0 Å². The zero-order valence-corrected chi connectivity index (χ0v) is 32.6. The van der Waals surface area contributed by atoms with Gasteiger partial charge in [-0.3, -0.25) is 28.9 Å². The number of hydrogen-bond acceptors (Lipinski definition) is 9. The third kappa shape index (κ3) is 18.8. The third-order valence-electron chi connectivity index (χ3n) is 8.18. The van der Waals surface area contributed by atoms with Crippen LogP contribution in [0.4, 0.5) is 0 Å². The number of hydrogen-bond donors (Lipinski definition) is 4. The van der Waals surface area contributed by atoms with Crippen molar-refractivity contribution in [2.45, 2.75) is 118 Å². The first-order chi connectivity index (χ1) is 24.2. The van der Waals surface area contributed by atoms with Gasteiger partial charge < -0.3 is 25.8 Å². The molecule has 0 saturated heterocycles. The predicted octanol–water partition coefficient (Wildman–Crippen LogP) is 5.77. The van der Waals surface area contributed by atoms with Crippen molar-refractivity contribution in [3.8, 4) is 0 Å². The number of carbonyl (C=O) groups excluding carboxylic acids is 4. The van der Waals surface area contributed by atoms with E-state index < -0.39 is 42.0 Å². The Kier molecular flexibility index (Phi) is 22.3. The lowest BCUT2D eigenvalue weighted by molar-refractivity contribution is -0.150. The van der Waals surface area contributed by atoms with E-state index in [1.54, 1.807) is 19.2 Å². The molecule has 51 heavy (non-hydrogen) atoms. The topological polar surface area (TPSA) is 167 Å². The van der Waals surface area contributed by atoms with Gasteiger partial charge in [-0.05, 0) is 44.3 Å². The Bertz CT molecular complexity index is 1330. The number of ether oxygens (including phenoxy) is 1. The smallest absolute Gasteiger partial charge is 0.306 e. The van der Waals surface area contributed by atoms with Crippen LogP contribution in [0.15, 0.2) is 35.7 Å². The van der Waals surface area contributed by atoms with Gasteiger partial charge in [0, 0.05) is 30.3 Å². The van der Waals surface area contributed by atoms with Crippen LogP contribution in [0.3, 0.4) is 0 Å². The van der Waals surface area contributed by atoms with Gasteiger partial charge in [0.15, 0.2) is 6.10 Å². The Hall–Kier alpha value is -3.84. The Labute approximate surface area is 308 Å². The van der Waals surface area contributed by atoms with E-state index in [2.05, 4.69) is 41.7 Å². The van der Waals surface area contributed by atoms with Crippen LogP contribution in [-0.2, 0) is 30.3 Å². The summed E-state index contributed by atoms with van der Waals surface area (Å²) in [5.41, 5.74) is 1.09. The first-order valence-corrected chi connectivity index (χ1v) is 19.1. The summed E-state index contributed by atoms with van der Waals surface area (Å²) in [6, 6.07) is 8.63. The van der Waals surface area contributed by atoms with Crippen molar-refractivity contribution in [2.75, 3.05) is 26.7 Å². The number of carbonyl (C=O) groups is 5. The lowest BCUT2D eigenvalue weighted by Crippen LogP contribution is -2.46. The maximum atomic E-state index is 13.3. The maximum absolute atomic E-state index is 13.3. The quantitative estimate of drug-likeness (QED) is 0.110. The number of thiazole rings is 1. The van der Waals surface area contributed by atoms with Gasteiger partial charge >= 0.3 is 11.9 Å². The van der Waals surface area contributed by atoms with Gasteiger partial charge in [0.05, 0.1) is 19.0 Å². The summed E-state index contributed by atoms with van der Waals surface area (Å²) in [7, 11) is 1.86. The van der Waals surface area contributed by atoms with Crippen molar-refractivity contribution in [3.63, 3.8) is 0 Å². The normalized spacial score (nSPS) is 13.3. The molecule has 0 spiro atoms. The maximum Gasteiger partial charge on any atom is 0.306 e. The fourth-order valence-corrected chi connectivity index (χ4v) is 5.67. The lowest BCUT2D eigenvalue weighted by atomic mass is 9.96. The Morgan fingerprint density at radius 3 is 2.16 bits per heavy atom. The minimum Gasteiger partial charge on any atom is -0.481 e. The fraction of sp³-hybridized carbons (Fsp3) is 0.632. The molecular weight excluding hydrogens is 671 g/mol. The number of aliphatic carboxylic acids is 1. The average Bonchev–Trinajstić information content (AvgIpc) is 3.60. The standard InChI is InChI=1S/C34H51N5O7S.C4H10/c1-7-9-15-39(6)20-30(41)35-19-29(40)37-26(22(3)4)18-28(46-31(42)8-2)33-38-27(21-47-33)32(43)36-25(16-23(5)34(44)45)17-24-13-11-10-12-14-24;1-3-4-2/h10-14,21-23,25-26,28H,7-9,15-20H2,1-6H3,(H,35,41)(H,36,43)(H,37,40)(H,44,45);3-4H2,1-2H3. The van der Waals surface area contributed by atoms with Crippen LogP contribution in [0, 0.1) is 11.8 Å². The number of nitrogens with zero attached hydrogens (tertiary/aromatic N) is 2. The highest BCUT2D eigenvalue weighted by Crippen LogP contribution is 2.29. The number of esters is 1. The van der Waals surface area contributed by atoms with Crippen molar-refractivity contribution >= 4 is 41.0 Å². The Balaban J connectivity index is 0.00000308. The molecule has 3 amide bonds. The number of carboxylic acid groups (broad SMARTS) is 1. The molecule has 2 aromatic rings. The molecule has 0 radical (unpaired) electrons. The van der Waals surface area contributed by atoms with Gasteiger partial charge in [-0.2, -0.15) is 0 Å². The molecule has 1 aromatic heterocycles. The van der Waals surface area contributed by atoms with E-state index in [4.69, 9.17) is 4.74 Å². The Morgan fingerprint density at radius 1 is 0.922 bits per heavy atom. The van der Waals surface area contributed by atoms with Crippen molar-refractivity contribution < 1.29 is 33.8 Å². The first kappa shape index (κ1) is 45.2. The van der Waals surface area contributed by atoms with Crippen molar-refractivity contribution in [1.82, 2.24) is 25.8 Å². The minimum absolute atomic E-state index is 0.0460. The molecule has 0 aliphatic rings. The van der Waals surface area contributed by atoms with Crippen LogP contribution in [-0.4, -0.2) is 83.4 Å². The zero-order valence-electron chi connectivity index (χ0n) is 31.8. The minimum atomic E-state index is -0.946. The number of nitrogens with one attached hydrogen (secondary N) is 3. The van der Waals surface area contributed by atoms with Crippen molar-refractivity contribution in [2.24, 2.45) is 11.8 Å². The molecule has 286 valence electrons. The SMILES string of the molecule is CCCC.CCCCN(C)CC(=O)NCC(=O)NC(CC(OC(=O)CC)c1nc(C(=O)NC(Cc2ccccc2)CC(C)C(=O)O)cs1)C(C)C. The lowest BCUT2D eigenvalue weighted by Gasteiger charge is -2.26. The van der Waals surface area contributed by atoms with Crippen LogP contribution in [0.25, 0.3) is 0 Å². The van der Waals surface area contributed by atoms with E-state index in [-0.39, 0.29) is 55.8 Å². The second-order valence-electron chi connectivity index (χ2n) is 13.3. The van der Waals surface area contributed by atoms with E-state index in [0.717, 1.165) is 24.9 Å². The molecule has 4 unspecified atom stereocenters. The summed E-state index contributed by atoms with van der Waals surface area (Å²) < 4.78 is 5.74. The largest absolute Gasteiger partial charge is 0.481 e. The number of unbranched alkanes of at least 4 members (excludes halogenated alkanes) is 2. The molecule has 2 rings (SSSR count). The number of likely N-dealkylation sites (N-methyl/N-ethyl adjacent to an activating group) is 1. The predicted molar refractivity (Wildman–Crippen MR) is 201 cm³/mol. The monoisotopic (exact) mass is 731 g/mol. The molecule has 0 aliphatic carbocycles. The molecule has 0 saturated carbocycles. The highest BCUT2D eigenvalue weighted by atomic mass is 32.1. The molecule has 12 nitrogen and oxygen atoms in total. The third-order valence-corrected chi connectivity index (χ3v) is 9.12. The van der Waals surface area contributed by atoms with Crippen molar-refractivity contribution in [3.05, 3.63) is 52.0 Å². The van der Waals surface area contributed by atoms with E-state index in [9.17, 15) is 29.1 Å². The van der Waals surface area contributed by atoms with Crippen LogP contribution < -0.4 is 16.0 Å². The molecule has 0 fully saturated rings. The number of carboxylic acids is 1. The summed E-state index contributed by atoms with van der Waals surface area (Å²) in [5.74, 6) is -3.18. The first-order valence-electron chi connectivity index (χ1n) is 18.2. The van der Waals surface area contributed by atoms with E-state index in [1.165, 1.54) is 24.2 Å². The second-order valence-corrected chi connectivity index (χ2v) is 14.1. The summed E-state index contributed by atoms with van der Waals surface area (Å²) in [4.78, 5) is 68.8. The Morgan fingerprint density at radius 2 is 1.59 bits per heavy atom. The van der Waals surface area contributed by atoms with Crippen LogP contribution in [0.2, 0.25) is 0 Å². The van der Waals surface area contributed by atoms with Gasteiger partial charge in [0.2, 0.25) is 11.8 Å². The molecule has 13 heteroatoms. The van der Waals surface area contributed by atoms with Gasteiger partial charge in [-0.25, -0.2) is 4.98 Å². The molecule has 1 aromatic carbocycles. The van der Waals surface area contributed by atoms with Crippen LogP contribution in [0.1, 0.15) is 121 Å². The zero-order chi connectivity index (χ0) is 38.3. The second kappa shape index (κ2) is 25.2. The van der Waals surface area contributed by atoms with Gasteiger partial charge in [-0.15, -0.1) is 11.3 Å². The molecule has 4 N–H and O–H groups in total. The molecule has 1 heterocycles. The number of amides is 3. The van der Waals surface area contributed by atoms with E-state index in [1.807, 2.05) is 56.1 Å². The molecule has 4 atom stereocenters. The van der Waals surface area contributed by atoms with Crippen LogP contribution >= 0.6 is 11.3 Å². The molecule has 0 aliphatic heterocycles. The van der Waals surface area contributed by atoms with Gasteiger partial charge in [0.1, 0.15) is 10.7 Å². The number of benzene rings is 1. The molecular formula is C38H61N5O7S. The highest BCUT2D eigenvalue weighted by molar-refractivity contribution is 7.09. The van der Waals surface area contributed by atoms with Crippen molar-refractivity contribution in [1.29, 1.82) is 0 Å². The summed E-state index contributed by atoms with van der Waals surface area (Å²) >= 11 is 1.17. The van der Waals surface area contributed by atoms with Gasteiger partial charge in [-0.1, -0.05) is 98.1 Å². The fourth-order valence-electron chi connectivity index (χ4n) is 4.83. The van der Waals surface area contributed by atoms with Gasteiger partial charge in [0.25, 0.3) is 5.91 Å². The highest BCUT2D eigenvalue weighted by Gasteiger charge is 2.29. The summed E-state index contributed by atoms with van der Waals surface area (Å²) in [5, 5.41) is 20.0. The summed E-state index contributed by atoms with van der Waals surface area (Å²) in [6.45, 7) is 14.4. The molecule has 0 bridgehead atoms. The number of aromatic nitrogens is 1.